The summed E-state index contributed by atoms with van der Waals surface area (Å²) in [6.07, 6.45) is 6.83. The van der Waals surface area contributed by atoms with E-state index in [9.17, 15) is 0 Å². The summed E-state index contributed by atoms with van der Waals surface area (Å²) in [7, 11) is 0. The SMILES string of the molecule is C=C1c2ncnn2C2CCCCC12. The highest BCUT2D eigenvalue weighted by Gasteiger charge is 2.38. The molecule has 1 saturated carbocycles. The third-order valence-corrected chi connectivity index (χ3v) is 3.35. The fraction of sp³-hybridized carbons (Fsp3) is 0.600. The molecule has 1 aliphatic heterocycles. The quantitative estimate of drug-likeness (QED) is 0.604. The molecule has 2 unspecified atom stereocenters. The third-order valence-electron chi connectivity index (χ3n) is 3.35. The van der Waals surface area contributed by atoms with Crippen LogP contribution in [0.5, 0.6) is 0 Å². The molecule has 3 heteroatoms. The van der Waals surface area contributed by atoms with Crippen molar-refractivity contribution < 1.29 is 0 Å². The lowest BCUT2D eigenvalue weighted by Crippen LogP contribution is -2.17. The van der Waals surface area contributed by atoms with Gasteiger partial charge in [0.05, 0.1) is 6.04 Å². The highest BCUT2D eigenvalue weighted by Crippen LogP contribution is 2.46. The Morgan fingerprint density at radius 3 is 3.15 bits per heavy atom. The van der Waals surface area contributed by atoms with Gasteiger partial charge in [0.1, 0.15) is 6.33 Å². The van der Waals surface area contributed by atoms with E-state index in [1.807, 2.05) is 0 Å². The molecule has 0 aromatic carbocycles. The van der Waals surface area contributed by atoms with Gasteiger partial charge < -0.3 is 0 Å². The zero-order valence-electron chi connectivity index (χ0n) is 7.61. The Morgan fingerprint density at radius 2 is 2.23 bits per heavy atom. The largest absolute Gasteiger partial charge is 0.242 e. The third kappa shape index (κ3) is 0.844. The van der Waals surface area contributed by atoms with E-state index in [1.165, 1.54) is 31.3 Å². The number of rotatable bonds is 0. The normalized spacial score (nSPS) is 31.5. The maximum absolute atomic E-state index is 4.28. The van der Waals surface area contributed by atoms with Crippen molar-refractivity contribution in [1.29, 1.82) is 0 Å². The second-order valence-corrected chi connectivity index (χ2v) is 4.01. The van der Waals surface area contributed by atoms with Crippen LogP contribution in [0.4, 0.5) is 0 Å². The summed E-state index contributed by atoms with van der Waals surface area (Å²) in [6.45, 7) is 4.13. The van der Waals surface area contributed by atoms with Gasteiger partial charge in [-0.05, 0) is 18.4 Å². The summed E-state index contributed by atoms with van der Waals surface area (Å²) in [4.78, 5) is 4.25. The fourth-order valence-electron chi connectivity index (χ4n) is 2.70. The summed E-state index contributed by atoms with van der Waals surface area (Å²) in [5.74, 6) is 1.65. The van der Waals surface area contributed by atoms with Crippen molar-refractivity contribution >= 4 is 5.57 Å². The molecule has 3 nitrogen and oxygen atoms in total. The van der Waals surface area contributed by atoms with Gasteiger partial charge in [0, 0.05) is 5.92 Å². The molecule has 1 fully saturated rings. The number of allylic oxidation sites excluding steroid dienone is 1. The summed E-state index contributed by atoms with van der Waals surface area (Å²) in [5.41, 5.74) is 1.21. The van der Waals surface area contributed by atoms with E-state index < -0.39 is 0 Å². The van der Waals surface area contributed by atoms with Gasteiger partial charge in [-0.25, -0.2) is 9.67 Å². The number of aromatic nitrogens is 3. The predicted molar refractivity (Wildman–Crippen MR) is 50.1 cm³/mol. The Labute approximate surface area is 77.5 Å². The molecule has 0 radical (unpaired) electrons. The lowest BCUT2D eigenvalue weighted by molar-refractivity contribution is 0.295. The van der Waals surface area contributed by atoms with E-state index in [2.05, 4.69) is 21.3 Å². The van der Waals surface area contributed by atoms with Gasteiger partial charge in [-0.15, -0.1) is 0 Å². The molecule has 1 aliphatic carbocycles. The highest BCUT2D eigenvalue weighted by molar-refractivity contribution is 5.63. The van der Waals surface area contributed by atoms with E-state index in [-0.39, 0.29) is 0 Å². The summed E-state index contributed by atoms with van der Waals surface area (Å²) < 4.78 is 2.08. The molecule has 0 spiro atoms. The molecular formula is C10H13N3. The molecule has 2 atom stereocenters. The topological polar surface area (TPSA) is 30.7 Å². The second-order valence-electron chi connectivity index (χ2n) is 4.01. The van der Waals surface area contributed by atoms with Crippen molar-refractivity contribution in [3.8, 4) is 0 Å². The average Bonchev–Trinajstić information content (AvgIpc) is 2.72. The van der Waals surface area contributed by atoms with E-state index in [1.54, 1.807) is 6.33 Å². The Kier molecular flexibility index (Phi) is 1.37. The zero-order valence-corrected chi connectivity index (χ0v) is 7.61. The van der Waals surface area contributed by atoms with Crippen LogP contribution in [0.2, 0.25) is 0 Å². The molecule has 3 rings (SSSR count). The maximum atomic E-state index is 4.28. The van der Waals surface area contributed by atoms with Crippen molar-refractivity contribution in [3.05, 3.63) is 18.7 Å². The smallest absolute Gasteiger partial charge is 0.153 e. The minimum atomic E-state index is 0.568. The van der Waals surface area contributed by atoms with Crippen molar-refractivity contribution in [2.45, 2.75) is 31.7 Å². The first-order chi connectivity index (χ1) is 6.38. The molecule has 0 amide bonds. The molecule has 0 N–H and O–H groups in total. The average molecular weight is 175 g/mol. The van der Waals surface area contributed by atoms with Gasteiger partial charge in [-0.3, -0.25) is 0 Å². The molecule has 0 bridgehead atoms. The molecule has 1 aromatic heterocycles. The van der Waals surface area contributed by atoms with Crippen molar-refractivity contribution in [2.24, 2.45) is 5.92 Å². The molecule has 2 heterocycles. The monoisotopic (exact) mass is 175 g/mol. The van der Waals surface area contributed by atoms with E-state index in [0.717, 1.165) is 5.82 Å². The lowest BCUT2D eigenvalue weighted by Gasteiger charge is -2.25. The second kappa shape index (κ2) is 2.44. The molecular weight excluding hydrogens is 162 g/mol. The fourth-order valence-corrected chi connectivity index (χ4v) is 2.70. The van der Waals surface area contributed by atoms with E-state index in [0.29, 0.717) is 12.0 Å². The first-order valence-electron chi connectivity index (χ1n) is 4.96. The molecule has 2 aliphatic rings. The number of fused-ring (bicyclic) bond motifs is 3. The van der Waals surface area contributed by atoms with Crippen molar-refractivity contribution in [3.63, 3.8) is 0 Å². The Bertz CT molecular complexity index is 353. The molecule has 0 saturated heterocycles. The van der Waals surface area contributed by atoms with E-state index >= 15 is 0 Å². The van der Waals surface area contributed by atoms with Crippen LogP contribution in [-0.2, 0) is 0 Å². The minimum absolute atomic E-state index is 0.568. The molecule has 1 aromatic rings. The maximum Gasteiger partial charge on any atom is 0.153 e. The first kappa shape index (κ1) is 7.30. The van der Waals surface area contributed by atoms with Crippen molar-refractivity contribution in [2.75, 3.05) is 0 Å². The minimum Gasteiger partial charge on any atom is -0.242 e. The first-order valence-corrected chi connectivity index (χ1v) is 4.96. The summed E-state index contributed by atoms with van der Waals surface area (Å²) in [5, 5.41) is 4.28. The van der Waals surface area contributed by atoms with Crippen LogP contribution in [0.15, 0.2) is 12.9 Å². The van der Waals surface area contributed by atoms with Gasteiger partial charge in [0.25, 0.3) is 0 Å². The Morgan fingerprint density at radius 1 is 1.38 bits per heavy atom. The van der Waals surface area contributed by atoms with Gasteiger partial charge in [0.2, 0.25) is 0 Å². The standard InChI is InChI=1S/C10H13N3/c1-7-8-4-2-3-5-9(8)13-10(7)11-6-12-13/h6,8-9H,1-5H2. The van der Waals surface area contributed by atoms with Crippen LogP contribution in [-0.4, -0.2) is 14.8 Å². The van der Waals surface area contributed by atoms with Gasteiger partial charge >= 0.3 is 0 Å². The van der Waals surface area contributed by atoms with Crippen LogP contribution >= 0.6 is 0 Å². The van der Waals surface area contributed by atoms with Crippen LogP contribution in [0, 0.1) is 5.92 Å². The van der Waals surface area contributed by atoms with Crippen LogP contribution in [0.25, 0.3) is 5.57 Å². The number of hydrogen-bond donors (Lipinski definition) is 0. The molecule has 68 valence electrons. The summed E-state index contributed by atoms with van der Waals surface area (Å²) in [6, 6.07) is 0.568. The van der Waals surface area contributed by atoms with Crippen molar-refractivity contribution in [1.82, 2.24) is 14.8 Å². The lowest BCUT2D eigenvalue weighted by atomic mass is 9.83. The highest BCUT2D eigenvalue weighted by atomic mass is 15.4. The van der Waals surface area contributed by atoms with Gasteiger partial charge in [0.15, 0.2) is 5.82 Å². The van der Waals surface area contributed by atoms with Crippen LogP contribution in [0.1, 0.15) is 37.5 Å². The summed E-state index contributed by atoms with van der Waals surface area (Å²) >= 11 is 0. The Hall–Kier alpha value is -1.12. The zero-order chi connectivity index (χ0) is 8.84. The number of nitrogens with zero attached hydrogens (tertiary/aromatic N) is 3. The Balaban J connectivity index is 2.08. The van der Waals surface area contributed by atoms with Crippen LogP contribution < -0.4 is 0 Å². The number of hydrogen-bond acceptors (Lipinski definition) is 2. The predicted octanol–water partition coefficient (Wildman–Crippen LogP) is 2.04. The van der Waals surface area contributed by atoms with Gasteiger partial charge in [-0.2, -0.15) is 5.10 Å². The van der Waals surface area contributed by atoms with Crippen LogP contribution in [0.3, 0.4) is 0 Å². The van der Waals surface area contributed by atoms with Gasteiger partial charge in [-0.1, -0.05) is 19.4 Å². The van der Waals surface area contributed by atoms with E-state index in [4.69, 9.17) is 0 Å². The molecule has 13 heavy (non-hydrogen) atoms.